The van der Waals surface area contributed by atoms with Crippen LogP contribution in [0, 0.1) is 20.8 Å². The molecule has 6 nitrogen and oxygen atoms in total. The van der Waals surface area contributed by atoms with E-state index in [2.05, 4.69) is 5.16 Å². The maximum Gasteiger partial charge on any atom is 0.287 e. The van der Waals surface area contributed by atoms with E-state index in [1.807, 2.05) is 56.5 Å². The van der Waals surface area contributed by atoms with E-state index in [1.165, 1.54) is 21.6 Å². The molecule has 2 aliphatic heterocycles. The second-order valence-corrected chi connectivity index (χ2v) is 8.73. The number of halogens is 2. The van der Waals surface area contributed by atoms with Crippen molar-refractivity contribution in [1.82, 2.24) is 5.28 Å². The summed E-state index contributed by atoms with van der Waals surface area (Å²) < 4.78 is 0. The van der Waals surface area contributed by atoms with E-state index in [0.717, 1.165) is 27.9 Å². The Balaban J connectivity index is 1.66. The number of carbonyl (C=O) groups is 1. The first kappa shape index (κ1) is 19.4. The van der Waals surface area contributed by atoms with Gasteiger partial charge < -0.3 is 0 Å². The number of amidine groups is 1. The van der Waals surface area contributed by atoms with E-state index in [9.17, 15) is 4.79 Å². The molecule has 5 rings (SSSR count). The zero-order valence-corrected chi connectivity index (χ0v) is 18.6. The zero-order chi connectivity index (χ0) is 21.2. The van der Waals surface area contributed by atoms with Gasteiger partial charge in [-0.1, -0.05) is 41.4 Å². The van der Waals surface area contributed by atoms with Crippen LogP contribution in [0.1, 0.15) is 31.9 Å². The third-order valence-electron chi connectivity index (χ3n) is 5.30. The number of hydrogen-bond acceptors (Lipinski definition) is 6. The van der Waals surface area contributed by atoms with Crippen LogP contribution >= 0.6 is 34.5 Å². The third kappa shape index (κ3) is 2.60. The number of oxime groups is 1. The van der Waals surface area contributed by atoms with Crippen LogP contribution in [0.25, 0.3) is 0 Å². The highest BCUT2D eigenvalue weighted by Gasteiger charge is 2.48. The van der Waals surface area contributed by atoms with Crippen LogP contribution in [-0.4, -0.2) is 17.0 Å². The maximum absolute atomic E-state index is 13.2. The van der Waals surface area contributed by atoms with E-state index in [0.29, 0.717) is 26.4 Å². The Labute approximate surface area is 187 Å². The van der Waals surface area contributed by atoms with Gasteiger partial charge in [0.25, 0.3) is 5.91 Å². The first-order chi connectivity index (χ1) is 14.4. The van der Waals surface area contributed by atoms with Gasteiger partial charge in [0, 0.05) is 15.6 Å². The lowest BCUT2D eigenvalue weighted by Gasteiger charge is -2.25. The summed E-state index contributed by atoms with van der Waals surface area (Å²) >= 11 is 14.5. The number of hydrazine groups is 2. The van der Waals surface area contributed by atoms with Gasteiger partial charge in [-0.25, -0.2) is 0 Å². The molecule has 0 radical (unpaired) electrons. The van der Waals surface area contributed by atoms with Gasteiger partial charge in [-0.05, 0) is 66.2 Å². The number of amides is 1. The summed E-state index contributed by atoms with van der Waals surface area (Å²) in [5.41, 5.74) is 4.76. The van der Waals surface area contributed by atoms with Crippen LogP contribution in [0.15, 0.2) is 46.9 Å². The Morgan fingerprint density at radius 1 is 0.967 bits per heavy atom. The molecule has 0 spiro atoms. The van der Waals surface area contributed by atoms with E-state index in [-0.39, 0.29) is 5.91 Å². The quantitative estimate of drug-likeness (QED) is 0.480. The van der Waals surface area contributed by atoms with Crippen molar-refractivity contribution in [1.29, 1.82) is 0 Å². The molecule has 3 heterocycles. The van der Waals surface area contributed by atoms with Gasteiger partial charge in [-0.15, -0.1) is 11.3 Å². The fraction of sp³-hybridized carbons (Fsp3) is 0.143. The molecule has 0 fully saturated rings. The Kier molecular flexibility index (Phi) is 4.52. The molecule has 152 valence electrons. The molecule has 30 heavy (non-hydrogen) atoms. The Morgan fingerprint density at radius 2 is 1.63 bits per heavy atom. The lowest BCUT2D eigenvalue weighted by Crippen LogP contribution is -2.49. The summed E-state index contributed by atoms with van der Waals surface area (Å²) in [4.78, 5) is 19.5. The summed E-state index contributed by atoms with van der Waals surface area (Å²) in [7, 11) is 0. The second kappa shape index (κ2) is 6.99. The minimum atomic E-state index is -0.204. The van der Waals surface area contributed by atoms with Crippen LogP contribution in [0.2, 0.25) is 10.0 Å². The molecule has 2 aromatic carbocycles. The van der Waals surface area contributed by atoms with Crippen molar-refractivity contribution in [2.75, 3.05) is 10.0 Å². The minimum absolute atomic E-state index is 0.204. The number of hydrogen-bond donors (Lipinski definition) is 0. The maximum atomic E-state index is 13.2. The van der Waals surface area contributed by atoms with Gasteiger partial charge in [-0.3, -0.25) is 9.73 Å². The molecule has 1 aromatic heterocycles. The number of anilines is 2. The molecule has 9 heteroatoms. The lowest BCUT2D eigenvalue weighted by atomic mass is 9.98. The number of thiophene rings is 1. The number of carbonyl (C=O) groups excluding carboxylic acids is 1. The van der Waals surface area contributed by atoms with Gasteiger partial charge in [0.2, 0.25) is 5.84 Å². The van der Waals surface area contributed by atoms with E-state index >= 15 is 0 Å². The van der Waals surface area contributed by atoms with Crippen molar-refractivity contribution in [3.63, 3.8) is 0 Å². The standard InChI is InChI=1S/C21H16Cl2N4O2S/c1-11-17(12(2)19(23)13(3)18(11)22)20-24-29-27-25(20)14-7-4-5-8-15(14)26(27)21(28)16-9-6-10-30-16/h4-10H,1-3H3. The Morgan fingerprint density at radius 3 is 2.27 bits per heavy atom. The molecule has 0 aliphatic carbocycles. The number of benzene rings is 2. The first-order valence-corrected chi connectivity index (χ1v) is 10.8. The first-order valence-electron chi connectivity index (χ1n) is 9.19. The number of para-hydroxylation sites is 2. The van der Waals surface area contributed by atoms with Crippen molar-refractivity contribution in [2.45, 2.75) is 20.8 Å². The fourth-order valence-corrected chi connectivity index (χ4v) is 4.89. The topological polar surface area (TPSA) is 48.4 Å². The van der Waals surface area contributed by atoms with Crippen molar-refractivity contribution in [3.05, 3.63) is 79.0 Å². The smallest absolute Gasteiger partial charge is 0.266 e. The van der Waals surface area contributed by atoms with Gasteiger partial charge in [0.05, 0.1) is 21.5 Å². The van der Waals surface area contributed by atoms with E-state index in [1.54, 1.807) is 11.1 Å². The molecule has 0 unspecified atom stereocenters. The van der Waals surface area contributed by atoms with Crippen molar-refractivity contribution in [2.24, 2.45) is 5.16 Å². The van der Waals surface area contributed by atoms with Crippen LogP contribution < -0.4 is 10.0 Å². The highest BCUT2D eigenvalue weighted by atomic mass is 35.5. The highest BCUT2D eigenvalue weighted by Crippen LogP contribution is 2.45. The average Bonchev–Trinajstić information content (AvgIpc) is 3.48. The molecule has 0 atom stereocenters. The monoisotopic (exact) mass is 458 g/mol. The van der Waals surface area contributed by atoms with Gasteiger partial charge >= 0.3 is 0 Å². The van der Waals surface area contributed by atoms with Gasteiger partial charge in [0.15, 0.2) is 0 Å². The highest BCUT2D eigenvalue weighted by molar-refractivity contribution is 7.12. The third-order valence-corrected chi connectivity index (χ3v) is 7.29. The largest absolute Gasteiger partial charge is 0.287 e. The molecular weight excluding hydrogens is 443 g/mol. The molecule has 3 aromatic rings. The van der Waals surface area contributed by atoms with E-state index < -0.39 is 0 Å². The van der Waals surface area contributed by atoms with Crippen LogP contribution in [0.3, 0.4) is 0 Å². The van der Waals surface area contributed by atoms with Crippen LogP contribution in [0.4, 0.5) is 11.4 Å². The predicted molar refractivity (Wildman–Crippen MR) is 120 cm³/mol. The SMILES string of the molecule is Cc1c(Cl)c(C)c(C2=NON3N(C(=O)c4cccs4)c4ccccc4N23)c(C)c1Cl. The molecule has 2 aliphatic rings. The van der Waals surface area contributed by atoms with Crippen molar-refractivity contribution >= 4 is 57.7 Å². The van der Waals surface area contributed by atoms with Gasteiger partial charge in [-0.2, -0.15) is 10.0 Å². The summed E-state index contributed by atoms with van der Waals surface area (Å²) in [6, 6.07) is 11.2. The van der Waals surface area contributed by atoms with E-state index in [4.69, 9.17) is 28.1 Å². The molecule has 0 saturated heterocycles. The van der Waals surface area contributed by atoms with Crippen molar-refractivity contribution < 1.29 is 9.73 Å². The summed E-state index contributed by atoms with van der Waals surface area (Å²) in [6.07, 6.45) is 0. The fourth-order valence-electron chi connectivity index (χ4n) is 3.82. The minimum Gasteiger partial charge on any atom is -0.266 e. The number of fused-ring (bicyclic) bond motifs is 3. The Hall–Kier alpha value is -2.58. The summed E-state index contributed by atoms with van der Waals surface area (Å²) in [5.74, 6) is 0.313. The summed E-state index contributed by atoms with van der Waals surface area (Å²) in [6.45, 7) is 5.74. The number of rotatable bonds is 2. The second-order valence-electron chi connectivity index (χ2n) is 7.02. The lowest BCUT2D eigenvalue weighted by molar-refractivity contribution is -0.135. The molecule has 0 bridgehead atoms. The predicted octanol–water partition coefficient (Wildman–Crippen LogP) is 5.89. The molecular formula is C21H16Cl2N4O2S. The molecule has 0 N–H and O–H groups in total. The van der Waals surface area contributed by atoms with Crippen LogP contribution in [0.5, 0.6) is 0 Å². The summed E-state index contributed by atoms with van der Waals surface area (Å²) in [5, 5.41) is 11.9. The van der Waals surface area contributed by atoms with Crippen molar-refractivity contribution in [3.8, 4) is 0 Å². The Bertz CT molecular complexity index is 1200. The number of nitrogens with zero attached hydrogens (tertiary/aromatic N) is 4. The van der Waals surface area contributed by atoms with Gasteiger partial charge in [0.1, 0.15) is 0 Å². The molecule has 1 amide bonds. The zero-order valence-electron chi connectivity index (χ0n) is 16.3. The van der Waals surface area contributed by atoms with Crippen LogP contribution in [-0.2, 0) is 4.94 Å². The molecule has 0 saturated carbocycles. The average molecular weight is 459 g/mol. The normalized spacial score (nSPS) is 15.2.